The maximum atomic E-state index is 4.56. The molecule has 2 rings (SSSR count). The first-order valence-electron chi connectivity index (χ1n) is 5.98. The Morgan fingerprint density at radius 3 is 2.71 bits per heavy atom. The minimum Gasteiger partial charge on any atom is -0.371 e. The van der Waals surface area contributed by atoms with Crippen LogP contribution in [0.25, 0.3) is 0 Å². The van der Waals surface area contributed by atoms with Gasteiger partial charge in [0.25, 0.3) is 0 Å². The van der Waals surface area contributed by atoms with E-state index in [0.717, 1.165) is 6.54 Å². The molecule has 2 heteroatoms. The third-order valence-electron chi connectivity index (χ3n) is 3.72. The average molecular weight is 194 g/mol. The van der Waals surface area contributed by atoms with Gasteiger partial charge in [0.2, 0.25) is 0 Å². The first-order valence-corrected chi connectivity index (χ1v) is 5.98. The number of nitrogens with zero attached hydrogens (tertiary/aromatic N) is 1. The van der Waals surface area contributed by atoms with E-state index in [1.165, 1.54) is 44.4 Å². The van der Waals surface area contributed by atoms with E-state index < -0.39 is 0 Å². The number of rotatable bonds is 1. The van der Waals surface area contributed by atoms with Gasteiger partial charge in [-0.1, -0.05) is 20.3 Å². The summed E-state index contributed by atoms with van der Waals surface area (Å²) in [5, 5.41) is 3.66. The van der Waals surface area contributed by atoms with Gasteiger partial charge in [0, 0.05) is 19.0 Å². The number of nitrogens with one attached hydrogen (secondary N) is 1. The lowest BCUT2D eigenvalue weighted by Crippen LogP contribution is -2.42. The molecule has 1 aliphatic heterocycles. The lowest BCUT2D eigenvalue weighted by molar-refractivity contribution is 0.309. The van der Waals surface area contributed by atoms with Crippen LogP contribution in [0.1, 0.15) is 52.4 Å². The molecule has 0 radical (unpaired) electrons. The summed E-state index contributed by atoms with van der Waals surface area (Å²) in [6, 6.07) is 0.666. The SMILES string of the molecule is CC1(C)CCCC1NC1=NCCCC1. The molecule has 1 aliphatic carbocycles. The summed E-state index contributed by atoms with van der Waals surface area (Å²) in [6.07, 6.45) is 7.83. The summed E-state index contributed by atoms with van der Waals surface area (Å²) < 4.78 is 0. The number of hydrogen-bond acceptors (Lipinski definition) is 2. The van der Waals surface area contributed by atoms with Crippen molar-refractivity contribution in [3.63, 3.8) is 0 Å². The Labute approximate surface area is 87.2 Å². The Bertz CT molecular complexity index is 230. The van der Waals surface area contributed by atoms with Crippen molar-refractivity contribution in [3.05, 3.63) is 0 Å². The Hall–Kier alpha value is -0.530. The van der Waals surface area contributed by atoms with Crippen molar-refractivity contribution >= 4 is 5.84 Å². The van der Waals surface area contributed by atoms with Crippen molar-refractivity contribution in [3.8, 4) is 0 Å². The third-order valence-corrected chi connectivity index (χ3v) is 3.72. The molecule has 2 aliphatic rings. The highest BCUT2D eigenvalue weighted by molar-refractivity contribution is 5.83. The second-order valence-electron chi connectivity index (χ2n) is 5.36. The van der Waals surface area contributed by atoms with Crippen LogP contribution in [0.2, 0.25) is 0 Å². The zero-order valence-electron chi connectivity index (χ0n) is 9.47. The van der Waals surface area contributed by atoms with Gasteiger partial charge in [-0.05, 0) is 31.1 Å². The average Bonchev–Trinajstić information content (AvgIpc) is 2.48. The van der Waals surface area contributed by atoms with E-state index in [-0.39, 0.29) is 0 Å². The molecule has 1 fully saturated rings. The van der Waals surface area contributed by atoms with Crippen molar-refractivity contribution in [1.82, 2.24) is 5.32 Å². The van der Waals surface area contributed by atoms with Crippen LogP contribution < -0.4 is 5.32 Å². The zero-order chi connectivity index (χ0) is 10.0. The van der Waals surface area contributed by atoms with Crippen molar-refractivity contribution in [1.29, 1.82) is 0 Å². The van der Waals surface area contributed by atoms with Gasteiger partial charge < -0.3 is 5.32 Å². The molecular weight excluding hydrogens is 172 g/mol. The van der Waals surface area contributed by atoms with E-state index in [1.807, 2.05) is 0 Å². The van der Waals surface area contributed by atoms with Crippen LogP contribution in [0.5, 0.6) is 0 Å². The lowest BCUT2D eigenvalue weighted by Gasteiger charge is -2.30. The highest BCUT2D eigenvalue weighted by atomic mass is 15.0. The third kappa shape index (κ3) is 2.10. The van der Waals surface area contributed by atoms with E-state index >= 15 is 0 Å². The molecule has 1 N–H and O–H groups in total. The summed E-state index contributed by atoms with van der Waals surface area (Å²) in [6.45, 7) is 5.79. The molecule has 1 atom stereocenters. The fraction of sp³-hybridized carbons (Fsp3) is 0.917. The molecule has 1 saturated carbocycles. The first-order chi connectivity index (χ1) is 6.68. The first kappa shape index (κ1) is 10.0. The predicted molar refractivity (Wildman–Crippen MR) is 60.7 cm³/mol. The van der Waals surface area contributed by atoms with Gasteiger partial charge in [0.15, 0.2) is 0 Å². The van der Waals surface area contributed by atoms with Gasteiger partial charge >= 0.3 is 0 Å². The van der Waals surface area contributed by atoms with E-state index in [2.05, 4.69) is 24.2 Å². The molecule has 0 bridgehead atoms. The molecule has 0 aromatic rings. The molecule has 2 nitrogen and oxygen atoms in total. The maximum absolute atomic E-state index is 4.56. The van der Waals surface area contributed by atoms with Crippen LogP contribution in [0.4, 0.5) is 0 Å². The number of aliphatic imine (C=N–C) groups is 1. The van der Waals surface area contributed by atoms with Crippen molar-refractivity contribution in [2.45, 2.75) is 58.4 Å². The predicted octanol–water partition coefficient (Wildman–Crippen LogP) is 2.74. The second kappa shape index (κ2) is 3.92. The van der Waals surface area contributed by atoms with Gasteiger partial charge in [-0.2, -0.15) is 0 Å². The van der Waals surface area contributed by atoms with Crippen LogP contribution in [-0.2, 0) is 0 Å². The Morgan fingerprint density at radius 2 is 2.14 bits per heavy atom. The molecule has 1 heterocycles. The summed E-state index contributed by atoms with van der Waals surface area (Å²) in [5.74, 6) is 1.27. The fourth-order valence-corrected chi connectivity index (χ4v) is 2.61. The largest absolute Gasteiger partial charge is 0.371 e. The summed E-state index contributed by atoms with van der Waals surface area (Å²) in [5.41, 5.74) is 0.472. The molecule has 0 saturated heterocycles. The van der Waals surface area contributed by atoms with Crippen LogP contribution >= 0.6 is 0 Å². The van der Waals surface area contributed by atoms with Gasteiger partial charge in [-0.15, -0.1) is 0 Å². The van der Waals surface area contributed by atoms with E-state index in [9.17, 15) is 0 Å². The number of hydrogen-bond donors (Lipinski definition) is 1. The Kier molecular flexibility index (Phi) is 2.80. The Balaban J connectivity index is 1.93. The van der Waals surface area contributed by atoms with Crippen molar-refractivity contribution in [2.24, 2.45) is 10.4 Å². The highest BCUT2D eigenvalue weighted by Crippen LogP contribution is 2.37. The summed E-state index contributed by atoms with van der Waals surface area (Å²) in [7, 11) is 0. The fourth-order valence-electron chi connectivity index (χ4n) is 2.61. The highest BCUT2D eigenvalue weighted by Gasteiger charge is 2.34. The standard InChI is InChI=1S/C12H22N2/c1-12(2)8-5-6-10(12)14-11-7-3-4-9-13-11/h10H,3-9H2,1-2H3,(H,13,14). The smallest absolute Gasteiger partial charge is 0.0965 e. The quantitative estimate of drug-likeness (QED) is 0.682. The molecule has 1 unspecified atom stereocenters. The second-order valence-corrected chi connectivity index (χ2v) is 5.36. The Morgan fingerprint density at radius 1 is 1.29 bits per heavy atom. The summed E-state index contributed by atoms with van der Waals surface area (Å²) >= 11 is 0. The molecule has 14 heavy (non-hydrogen) atoms. The van der Waals surface area contributed by atoms with Crippen molar-refractivity contribution < 1.29 is 0 Å². The van der Waals surface area contributed by atoms with E-state index in [0.29, 0.717) is 11.5 Å². The molecular formula is C12H22N2. The normalized spacial score (nSPS) is 31.3. The summed E-state index contributed by atoms with van der Waals surface area (Å²) in [4.78, 5) is 4.56. The van der Waals surface area contributed by atoms with E-state index in [1.54, 1.807) is 0 Å². The molecule has 0 spiro atoms. The van der Waals surface area contributed by atoms with Gasteiger partial charge in [0.05, 0.1) is 5.84 Å². The lowest BCUT2D eigenvalue weighted by atomic mass is 9.87. The minimum atomic E-state index is 0.472. The van der Waals surface area contributed by atoms with Crippen LogP contribution in [0.3, 0.4) is 0 Å². The molecule has 0 aromatic heterocycles. The van der Waals surface area contributed by atoms with Crippen molar-refractivity contribution in [2.75, 3.05) is 6.54 Å². The molecule has 0 amide bonds. The minimum absolute atomic E-state index is 0.472. The van der Waals surface area contributed by atoms with Gasteiger partial charge in [-0.25, -0.2) is 0 Å². The van der Waals surface area contributed by atoms with Crippen LogP contribution in [0, 0.1) is 5.41 Å². The monoisotopic (exact) mass is 194 g/mol. The number of amidine groups is 1. The van der Waals surface area contributed by atoms with E-state index in [4.69, 9.17) is 0 Å². The topological polar surface area (TPSA) is 24.4 Å². The van der Waals surface area contributed by atoms with Gasteiger partial charge in [0.1, 0.15) is 0 Å². The van der Waals surface area contributed by atoms with Gasteiger partial charge in [-0.3, -0.25) is 4.99 Å². The van der Waals surface area contributed by atoms with Crippen LogP contribution in [0.15, 0.2) is 4.99 Å². The van der Waals surface area contributed by atoms with Crippen LogP contribution in [-0.4, -0.2) is 18.4 Å². The molecule has 0 aromatic carbocycles. The molecule has 80 valence electrons. The zero-order valence-corrected chi connectivity index (χ0v) is 9.47. The maximum Gasteiger partial charge on any atom is 0.0965 e.